The minimum absolute atomic E-state index is 0. The van der Waals surface area contributed by atoms with Crippen molar-refractivity contribution in [1.29, 1.82) is 0 Å². The minimum atomic E-state index is 0. The summed E-state index contributed by atoms with van der Waals surface area (Å²) < 4.78 is 0. The Kier molecular flexibility index (Phi) is 8.26. The second-order valence-electron chi connectivity index (χ2n) is 4.64. The molecule has 0 bridgehead atoms. The third-order valence-electron chi connectivity index (χ3n) is 2.82. The minimum Gasteiger partial charge on any atom is -0.357 e. The van der Waals surface area contributed by atoms with E-state index in [4.69, 9.17) is 0 Å². The van der Waals surface area contributed by atoms with Gasteiger partial charge in [0.25, 0.3) is 0 Å². The Morgan fingerprint density at radius 1 is 1.18 bits per heavy atom. The van der Waals surface area contributed by atoms with Gasteiger partial charge in [-0.2, -0.15) is 0 Å². The molecule has 0 fully saturated rings. The molecule has 22 heavy (non-hydrogen) atoms. The Bertz CT molecular complexity index is 621. The third-order valence-corrected chi connectivity index (χ3v) is 4.79. The fourth-order valence-corrected chi connectivity index (χ4v) is 3.47. The number of rotatable bonds is 5. The molecule has 8 heteroatoms. The van der Waals surface area contributed by atoms with Crippen LogP contribution in [-0.2, 0) is 13.1 Å². The van der Waals surface area contributed by atoms with Gasteiger partial charge in [-0.3, -0.25) is 0 Å². The summed E-state index contributed by atoms with van der Waals surface area (Å²) in [4.78, 5) is 15.7. The van der Waals surface area contributed by atoms with E-state index in [-0.39, 0.29) is 24.0 Å². The topological polar surface area (TPSA) is 62.2 Å². The highest BCUT2D eigenvalue weighted by Crippen LogP contribution is 2.16. The van der Waals surface area contributed by atoms with Crippen LogP contribution in [0, 0.1) is 20.8 Å². The fourth-order valence-electron chi connectivity index (χ4n) is 1.88. The van der Waals surface area contributed by atoms with Crippen LogP contribution >= 0.6 is 46.7 Å². The number of hydrogen-bond acceptors (Lipinski definition) is 5. The lowest BCUT2D eigenvalue weighted by molar-refractivity contribution is 0.820. The number of nitrogens with one attached hydrogen (secondary N) is 2. The van der Waals surface area contributed by atoms with Crippen LogP contribution in [0.25, 0.3) is 0 Å². The summed E-state index contributed by atoms with van der Waals surface area (Å²) in [6.07, 6.45) is 1.89. The smallest absolute Gasteiger partial charge is 0.191 e. The number of halogens is 1. The van der Waals surface area contributed by atoms with E-state index in [1.165, 1.54) is 9.75 Å². The second kappa shape index (κ2) is 9.41. The maximum Gasteiger partial charge on any atom is 0.191 e. The molecule has 0 aliphatic rings. The average molecular weight is 451 g/mol. The molecule has 0 saturated carbocycles. The van der Waals surface area contributed by atoms with Crippen LogP contribution in [-0.4, -0.2) is 22.5 Å². The molecule has 2 N–H and O–H groups in total. The Hall–Kier alpha value is -0.740. The van der Waals surface area contributed by atoms with Crippen LogP contribution in [0.4, 0.5) is 0 Å². The van der Waals surface area contributed by atoms with Gasteiger partial charge >= 0.3 is 0 Å². The van der Waals surface area contributed by atoms with E-state index in [1.807, 2.05) is 27.0 Å². The molecule has 122 valence electrons. The molecular weight excluding hydrogens is 429 g/mol. The fraction of sp³-hybridized carbons (Fsp3) is 0.500. The number of guanidine groups is 1. The lowest BCUT2D eigenvalue weighted by Crippen LogP contribution is -2.36. The zero-order chi connectivity index (χ0) is 15.2. The van der Waals surface area contributed by atoms with E-state index in [2.05, 4.69) is 32.5 Å². The Morgan fingerprint density at radius 2 is 1.95 bits per heavy atom. The van der Waals surface area contributed by atoms with Crippen LogP contribution in [0.5, 0.6) is 0 Å². The number of hydrogen-bond donors (Lipinski definition) is 2. The van der Waals surface area contributed by atoms with E-state index in [9.17, 15) is 0 Å². The molecule has 2 aromatic rings. The van der Waals surface area contributed by atoms with Gasteiger partial charge in [-0.15, -0.1) is 46.7 Å². The number of thiazole rings is 2. The predicted molar refractivity (Wildman–Crippen MR) is 106 cm³/mol. The Morgan fingerprint density at radius 3 is 2.50 bits per heavy atom. The normalized spacial score (nSPS) is 11.2. The van der Waals surface area contributed by atoms with Gasteiger partial charge < -0.3 is 10.6 Å². The molecule has 0 aliphatic carbocycles. The summed E-state index contributed by atoms with van der Waals surface area (Å²) in [6.45, 7) is 10.4. The average Bonchev–Trinajstić information content (AvgIpc) is 2.99. The maximum absolute atomic E-state index is 4.60. The zero-order valence-corrected chi connectivity index (χ0v) is 17.2. The highest BCUT2D eigenvalue weighted by molar-refractivity contribution is 14.0. The maximum atomic E-state index is 4.60. The second-order valence-corrected chi connectivity index (χ2v) is 7.24. The van der Waals surface area contributed by atoms with Crippen molar-refractivity contribution in [2.45, 2.75) is 40.8 Å². The molecule has 2 aromatic heterocycles. The van der Waals surface area contributed by atoms with Crippen LogP contribution < -0.4 is 10.6 Å². The van der Waals surface area contributed by atoms with Gasteiger partial charge in [0.2, 0.25) is 0 Å². The molecule has 5 nitrogen and oxygen atoms in total. The molecule has 2 heterocycles. The van der Waals surface area contributed by atoms with Crippen molar-refractivity contribution in [3.05, 3.63) is 31.7 Å². The summed E-state index contributed by atoms with van der Waals surface area (Å²) in [5.41, 5.74) is 1.10. The number of aryl methyl sites for hydroxylation is 3. The first-order chi connectivity index (χ1) is 10.1. The lowest BCUT2D eigenvalue weighted by atomic mass is 10.4. The van der Waals surface area contributed by atoms with Crippen LogP contribution in [0.15, 0.2) is 11.2 Å². The lowest BCUT2D eigenvalue weighted by Gasteiger charge is -2.10. The van der Waals surface area contributed by atoms with Gasteiger partial charge in [0.1, 0.15) is 0 Å². The largest absolute Gasteiger partial charge is 0.357 e. The number of aromatic nitrogens is 2. The van der Waals surface area contributed by atoms with Crippen molar-refractivity contribution >= 4 is 52.6 Å². The first-order valence-electron chi connectivity index (χ1n) is 6.95. The molecule has 0 radical (unpaired) electrons. The SMILES string of the molecule is CCNC(=NCc1cnc(C)s1)NCc1sc(C)nc1C.I. The molecule has 0 saturated heterocycles. The van der Waals surface area contributed by atoms with Crippen molar-refractivity contribution in [3.63, 3.8) is 0 Å². The van der Waals surface area contributed by atoms with E-state index in [0.717, 1.165) is 34.8 Å². The first kappa shape index (κ1) is 19.3. The summed E-state index contributed by atoms with van der Waals surface area (Å²) >= 11 is 3.41. The predicted octanol–water partition coefficient (Wildman–Crippen LogP) is 3.40. The zero-order valence-electron chi connectivity index (χ0n) is 13.3. The summed E-state index contributed by atoms with van der Waals surface area (Å²) in [6, 6.07) is 0. The van der Waals surface area contributed by atoms with Crippen molar-refractivity contribution < 1.29 is 0 Å². The van der Waals surface area contributed by atoms with E-state index in [0.29, 0.717) is 6.54 Å². The molecule has 0 aliphatic heterocycles. The molecule has 0 unspecified atom stereocenters. The molecule has 0 amide bonds. The highest BCUT2D eigenvalue weighted by Gasteiger charge is 2.06. The van der Waals surface area contributed by atoms with Gasteiger partial charge in [-0.25, -0.2) is 15.0 Å². The van der Waals surface area contributed by atoms with Gasteiger partial charge in [-0.1, -0.05) is 0 Å². The first-order valence-corrected chi connectivity index (χ1v) is 8.58. The van der Waals surface area contributed by atoms with Crippen molar-refractivity contribution in [2.75, 3.05) is 6.54 Å². The van der Waals surface area contributed by atoms with Crippen LogP contribution in [0.2, 0.25) is 0 Å². The summed E-state index contributed by atoms with van der Waals surface area (Å²) in [5, 5.41) is 8.81. The van der Waals surface area contributed by atoms with Gasteiger partial charge in [-0.05, 0) is 27.7 Å². The monoisotopic (exact) mass is 451 g/mol. The Balaban J connectivity index is 0.00000242. The van der Waals surface area contributed by atoms with Crippen LogP contribution in [0.1, 0.15) is 32.4 Å². The van der Waals surface area contributed by atoms with Crippen molar-refractivity contribution in [1.82, 2.24) is 20.6 Å². The molecule has 0 aromatic carbocycles. The van der Waals surface area contributed by atoms with Gasteiger partial charge in [0.05, 0.1) is 28.8 Å². The molecular formula is C14H22IN5S2. The van der Waals surface area contributed by atoms with Crippen molar-refractivity contribution in [3.8, 4) is 0 Å². The van der Waals surface area contributed by atoms with E-state index < -0.39 is 0 Å². The molecule has 2 rings (SSSR count). The van der Waals surface area contributed by atoms with Crippen molar-refractivity contribution in [2.24, 2.45) is 4.99 Å². The van der Waals surface area contributed by atoms with E-state index in [1.54, 1.807) is 22.7 Å². The quantitative estimate of drug-likeness (QED) is 0.416. The summed E-state index contributed by atoms with van der Waals surface area (Å²) in [5.74, 6) is 0.828. The number of aliphatic imine (C=N–C) groups is 1. The van der Waals surface area contributed by atoms with Gasteiger partial charge in [0, 0.05) is 22.5 Å². The molecule has 0 atom stereocenters. The Labute approximate surface area is 156 Å². The van der Waals surface area contributed by atoms with Gasteiger partial charge in [0.15, 0.2) is 5.96 Å². The third kappa shape index (κ3) is 5.81. The standard InChI is InChI=1S/C14H21N5S2.HI/c1-5-15-14(17-7-12-6-16-10(3)20-12)18-8-13-9(2)19-11(4)21-13;/h6H,5,7-8H2,1-4H3,(H2,15,17,18);1H. The van der Waals surface area contributed by atoms with Crippen LogP contribution in [0.3, 0.4) is 0 Å². The number of nitrogens with zero attached hydrogens (tertiary/aromatic N) is 3. The molecule has 0 spiro atoms. The highest BCUT2D eigenvalue weighted by atomic mass is 127. The summed E-state index contributed by atoms with van der Waals surface area (Å²) in [7, 11) is 0. The van der Waals surface area contributed by atoms with E-state index >= 15 is 0 Å².